The van der Waals surface area contributed by atoms with Crippen LogP contribution in [0.3, 0.4) is 0 Å². The zero-order valence-corrected chi connectivity index (χ0v) is 11.2. The van der Waals surface area contributed by atoms with E-state index in [9.17, 15) is 0 Å². The molecule has 4 nitrogen and oxygen atoms in total. The van der Waals surface area contributed by atoms with Crippen molar-refractivity contribution in [2.45, 2.75) is 27.2 Å². The molecule has 0 bridgehead atoms. The van der Waals surface area contributed by atoms with Crippen LogP contribution in [-0.2, 0) is 6.42 Å². The van der Waals surface area contributed by atoms with Crippen LogP contribution >= 0.6 is 0 Å². The van der Waals surface area contributed by atoms with Crippen LogP contribution in [0.2, 0.25) is 0 Å². The van der Waals surface area contributed by atoms with Gasteiger partial charge in [0, 0.05) is 0 Å². The average molecular weight is 249 g/mol. The van der Waals surface area contributed by atoms with Gasteiger partial charge in [0.25, 0.3) is 0 Å². The maximum absolute atomic E-state index is 8.77. The fraction of sp³-hybridized carbons (Fsp3) is 0.500. The Morgan fingerprint density at radius 2 is 1.44 bits per heavy atom. The first-order chi connectivity index (χ1) is 8.76. The molecule has 0 aliphatic rings. The monoisotopic (exact) mass is 249 g/mol. The predicted molar refractivity (Wildman–Crippen MR) is 69.3 cm³/mol. The van der Waals surface area contributed by atoms with Crippen molar-refractivity contribution < 1.29 is 14.2 Å². The quantitative estimate of drug-likeness (QED) is 0.745. The largest absolute Gasteiger partial charge is 0.490 e. The minimum atomic E-state index is 0.326. The fourth-order valence-electron chi connectivity index (χ4n) is 1.64. The molecule has 0 unspecified atom stereocenters. The Bertz CT molecular complexity index is 397. The molecule has 1 aromatic rings. The van der Waals surface area contributed by atoms with Gasteiger partial charge in [0.15, 0.2) is 11.5 Å². The van der Waals surface area contributed by atoms with Crippen LogP contribution in [0.25, 0.3) is 0 Å². The minimum absolute atomic E-state index is 0.326. The van der Waals surface area contributed by atoms with Gasteiger partial charge in [-0.05, 0) is 38.5 Å². The number of nitriles is 1. The van der Waals surface area contributed by atoms with E-state index < -0.39 is 0 Å². The zero-order valence-electron chi connectivity index (χ0n) is 11.2. The molecule has 18 heavy (non-hydrogen) atoms. The van der Waals surface area contributed by atoms with E-state index in [0.717, 1.165) is 5.56 Å². The van der Waals surface area contributed by atoms with Crippen molar-refractivity contribution in [2.24, 2.45) is 0 Å². The Labute approximate surface area is 108 Å². The first-order valence-corrected chi connectivity index (χ1v) is 6.19. The highest BCUT2D eigenvalue weighted by atomic mass is 16.5. The highest BCUT2D eigenvalue weighted by Crippen LogP contribution is 2.39. The first kappa shape index (κ1) is 14.2. The van der Waals surface area contributed by atoms with Crippen molar-refractivity contribution in [3.63, 3.8) is 0 Å². The lowest BCUT2D eigenvalue weighted by molar-refractivity contribution is 0.260. The maximum Gasteiger partial charge on any atom is 0.203 e. The van der Waals surface area contributed by atoms with Gasteiger partial charge in [-0.25, -0.2) is 0 Å². The summed E-state index contributed by atoms with van der Waals surface area (Å²) < 4.78 is 16.7. The van der Waals surface area contributed by atoms with Gasteiger partial charge in [-0.15, -0.1) is 0 Å². The van der Waals surface area contributed by atoms with Gasteiger partial charge in [0.1, 0.15) is 0 Å². The van der Waals surface area contributed by atoms with E-state index in [-0.39, 0.29) is 0 Å². The molecule has 1 aromatic carbocycles. The number of ether oxygens (including phenoxy) is 3. The molecule has 0 saturated carbocycles. The van der Waals surface area contributed by atoms with Crippen molar-refractivity contribution in [1.82, 2.24) is 0 Å². The summed E-state index contributed by atoms with van der Waals surface area (Å²) in [5.74, 6) is 1.88. The number of benzene rings is 1. The third-order valence-corrected chi connectivity index (χ3v) is 2.25. The van der Waals surface area contributed by atoms with E-state index in [1.165, 1.54) is 0 Å². The number of hydrogen-bond acceptors (Lipinski definition) is 4. The van der Waals surface area contributed by atoms with Crippen LogP contribution in [0.4, 0.5) is 0 Å². The smallest absolute Gasteiger partial charge is 0.203 e. The Morgan fingerprint density at radius 3 is 1.83 bits per heavy atom. The van der Waals surface area contributed by atoms with E-state index in [1.807, 2.05) is 32.9 Å². The lowest BCUT2D eigenvalue weighted by Crippen LogP contribution is -2.03. The number of hydrogen-bond donors (Lipinski definition) is 0. The minimum Gasteiger partial charge on any atom is -0.490 e. The molecule has 0 radical (unpaired) electrons. The molecular formula is C14H19NO3. The van der Waals surface area contributed by atoms with E-state index in [2.05, 4.69) is 6.07 Å². The lowest BCUT2D eigenvalue weighted by atomic mass is 10.1. The predicted octanol–water partition coefficient (Wildman–Crippen LogP) is 2.95. The average Bonchev–Trinajstić information content (AvgIpc) is 2.34. The molecule has 0 heterocycles. The zero-order chi connectivity index (χ0) is 13.4. The van der Waals surface area contributed by atoms with Crippen molar-refractivity contribution in [3.8, 4) is 23.3 Å². The summed E-state index contributed by atoms with van der Waals surface area (Å²) in [5, 5.41) is 8.77. The summed E-state index contributed by atoms with van der Waals surface area (Å²) in [5.41, 5.74) is 0.868. The van der Waals surface area contributed by atoms with Gasteiger partial charge in [-0.2, -0.15) is 5.26 Å². The second-order valence-corrected chi connectivity index (χ2v) is 3.56. The summed E-state index contributed by atoms with van der Waals surface area (Å²) in [6.07, 6.45) is 0.326. The standard InChI is InChI=1S/C14H19NO3/c1-4-16-12-9-11(7-8-15)10-13(17-5-2)14(12)18-6-3/h9-10H,4-7H2,1-3H3. The third kappa shape index (κ3) is 3.56. The van der Waals surface area contributed by atoms with Crippen molar-refractivity contribution in [1.29, 1.82) is 5.26 Å². The van der Waals surface area contributed by atoms with Crippen molar-refractivity contribution in [3.05, 3.63) is 17.7 Å². The molecule has 0 saturated heterocycles. The van der Waals surface area contributed by atoms with Gasteiger partial charge < -0.3 is 14.2 Å². The van der Waals surface area contributed by atoms with E-state index in [1.54, 1.807) is 0 Å². The summed E-state index contributed by atoms with van der Waals surface area (Å²) in [6, 6.07) is 5.79. The highest BCUT2D eigenvalue weighted by molar-refractivity contribution is 5.54. The van der Waals surface area contributed by atoms with Crippen LogP contribution < -0.4 is 14.2 Å². The molecule has 98 valence electrons. The molecule has 0 aliphatic carbocycles. The Kier molecular flexibility index (Phi) is 5.86. The molecule has 0 spiro atoms. The molecule has 1 rings (SSSR count). The fourth-order valence-corrected chi connectivity index (χ4v) is 1.64. The van der Waals surface area contributed by atoms with Gasteiger partial charge in [0.05, 0.1) is 32.3 Å². The summed E-state index contributed by atoms with van der Waals surface area (Å²) in [7, 11) is 0. The van der Waals surface area contributed by atoms with Crippen LogP contribution in [0.5, 0.6) is 17.2 Å². The molecule has 0 amide bonds. The van der Waals surface area contributed by atoms with Gasteiger partial charge in [-0.3, -0.25) is 0 Å². The normalized spacial score (nSPS) is 9.67. The summed E-state index contributed by atoms with van der Waals surface area (Å²) >= 11 is 0. The molecule has 0 aliphatic heterocycles. The molecule has 0 N–H and O–H groups in total. The second-order valence-electron chi connectivity index (χ2n) is 3.56. The van der Waals surface area contributed by atoms with Crippen LogP contribution in [0.15, 0.2) is 12.1 Å². The first-order valence-electron chi connectivity index (χ1n) is 6.19. The molecule has 0 atom stereocenters. The second kappa shape index (κ2) is 7.44. The van der Waals surface area contributed by atoms with Crippen LogP contribution in [-0.4, -0.2) is 19.8 Å². The van der Waals surface area contributed by atoms with E-state index >= 15 is 0 Å². The molecule has 0 fully saturated rings. The Balaban J connectivity index is 3.20. The number of nitrogens with zero attached hydrogens (tertiary/aromatic N) is 1. The summed E-state index contributed by atoms with van der Waals surface area (Å²) in [4.78, 5) is 0. The van der Waals surface area contributed by atoms with Crippen molar-refractivity contribution >= 4 is 0 Å². The lowest BCUT2D eigenvalue weighted by Gasteiger charge is -2.16. The van der Waals surface area contributed by atoms with E-state index in [4.69, 9.17) is 19.5 Å². The van der Waals surface area contributed by atoms with Gasteiger partial charge in [0.2, 0.25) is 5.75 Å². The number of rotatable bonds is 7. The topological polar surface area (TPSA) is 51.5 Å². The highest BCUT2D eigenvalue weighted by Gasteiger charge is 2.14. The van der Waals surface area contributed by atoms with E-state index in [0.29, 0.717) is 43.5 Å². The molecule has 4 heteroatoms. The maximum atomic E-state index is 8.77. The van der Waals surface area contributed by atoms with Crippen LogP contribution in [0, 0.1) is 11.3 Å². The van der Waals surface area contributed by atoms with Gasteiger partial charge >= 0.3 is 0 Å². The van der Waals surface area contributed by atoms with Crippen LogP contribution in [0.1, 0.15) is 26.3 Å². The molecular weight excluding hydrogens is 230 g/mol. The third-order valence-electron chi connectivity index (χ3n) is 2.25. The van der Waals surface area contributed by atoms with Gasteiger partial charge in [-0.1, -0.05) is 0 Å². The molecule has 0 aromatic heterocycles. The Morgan fingerprint density at radius 1 is 0.944 bits per heavy atom. The Hall–Kier alpha value is -1.89. The van der Waals surface area contributed by atoms with Crippen molar-refractivity contribution in [2.75, 3.05) is 19.8 Å². The summed E-state index contributed by atoms with van der Waals surface area (Å²) in [6.45, 7) is 7.36. The SMILES string of the molecule is CCOc1cc(CC#N)cc(OCC)c1OCC.